The summed E-state index contributed by atoms with van der Waals surface area (Å²) in [7, 11) is -3.63. The zero-order valence-corrected chi connectivity index (χ0v) is 13.3. The van der Waals surface area contributed by atoms with Gasteiger partial charge in [0.05, 0.1) is 10.4 Å². The first-order valence-corrected chi connectivity index (χ1v) is 8.99. The first kappa shape index (κ1) is 15.4. The highest BCUT2D eigenvalue weighted by Gasteiger charge is 2.34. The standard InChI is InChI=1S/C16H20N2O3S/c1-11-4-7-15(13-3-2-9-17-16(11)13)22(20,21)18-14(8-10-19)12-5-6-12/h2-4,7,9,12,14,18-19H,5-6,8,10H2,1H3. The lowest BCUT2D eigenvalue weighted by atomic mass is 10.1. The van der Waals surface area contributed by atoms with Crippen molar-refractivity contribution in [3.63, 3.8) is 0 Å². The lowest BCUT2D eigenvalue weighted by Gasteiger charge is -2.18. The van der Waals surface area contributed by atoms with Crippen LogP contribution < -0.4 is 4.72 Å². The minimum absolute atomic E-state index is 0.0140. The fourth-order valence-electron chi connectivity index (χ4n) is 2.81. The second-order valence-electron chi connectivity index (χ2n) is 5.86. The van der Waals surface area contributed by atoms with Crippen LogP contribution in [-0.2, 0) is 10.0 Å². The number of benzene rings is 1. The van der Waals surface area contributed by atoms with Crippen LogP contribution in [0.4, 0.5) is 0 Å². The van der Waals surface area contributed by atoms with Crippen LogP contribution in [0.5, 0.6) is 0 Å². The molecule has 0 saturated heterocycles. The van der Waals surface area contributed by atoms with E-state index < -0.39 is 10.0 Å². The van der Waals surface area contributed by atoms with Gasteiger partial charge >= 0.3 is 0 Å². The topological polar surface area (TPSA) is 79.3 Å². The van der Waals surface area contributed by atoms with Gasteiger partial charge in [0.2, 0.25) is 10.0 Å². The Hall–Kier alpha value is -1.50. The molecule has 0 spiro atoms. The number of aliphatic hydroxyl groups excluding tert-OH is 1. The first-order chi connectivity index (χ1) is 10.5. The van der Waals surface area contributed by atoms with Crippen molar-refractivity contribution in [3.05, 3.63) is 36.0 Å². The predicted octanol–water partition coefficient (Wildman–Crippen LogP) is 1.98. The minimum atomic E-state index is -3.63. The highest BCUT2D eigenvalue weighted by atomic mass is 32.2. The van der Waals surface area contributed by atoms with E-state index in [1.807, 2.05) is 6.92 Å². The van der Waals surface area contributed by atoms with E-state index in [1.54, 1.807) is 30.5 Å². The van der Waals surface area contributed by atoms with Crippen molar-refractivity contribution in [1.29, 1.82) is 0 Å². The van der Waals surface area contributed by atoms with Crippen molar-refractivity contribution in [3.8, 4) is 0 Å². The fourth-order valence-corrected chi connectivity index (χ4v) is 4.35. The number of hydrogen-bond donors (Lipinski definition) is 2. The quantitative estimate of drug-likeness (QED) is 0.853. The summed E-state index contributed by atoms with van der Waals surface area (Å²) in [5, 5.41) is 9.78. The Morgan fingerprint density at radius 2 is 2.14 bits per heavy atom. The SMILES string of the molecule is Cc1ccc(S(=O)(=O)NC(CCO)C2CC2)c2cccnc12. The molecule has 1 aliphatic rings. The Morgan fingerprint density at radius 1 is 1.36 bits per heavy atom. The summed E-state index contributed by atoms with van der Waals surface area (Å²) in [6.45, 7) is 1.90. The molecule has 1 aliphatic carbocycles. The largest absolute Gasteiger partial charge is 0.396 e. The molecule has 0 amide bonds. The molecule has 1 fully saturated rings. The number of sulfonamides is 1. The Balaban J connectivity index is 2.00. The molecule has 1 aromatic heterocycles. The van der Waals surface area contributed by atoms with Gasteiger partial charge in [-0.05, 0) is 55.9 Å². The summed E-state index contributed by atoms with van der Waals surface area (Å²) in [4.78, 5) is 4.54. The van der Waals surface area contributed by atoms with E-state index in [0.29, 0.717) is 23.2 Å². The van der Waals surface area contributed by atoms with Crippen molar-refractivity contribution in [2.45, 2.75) is 37.1 Å². The van der Waals surface area contributed by atoms with Gasteiger partial charge in [-0.25, -0.2) is 13.1 Å². The van der Waals surface area contributed by atoms with Crippen LogP contribution >= 0.6 is 0 Å². The van der Waals surface area contributed by atoms with E-state index in [-0.39, 0.29) is 17.5 Å². The highest BCUT2D eigenvalue weighted by molar-refractivity contribution is 7.89. The van der Waals surface area contributed by atoms with Crippen LogP contribution in [-0.4, -0.2) is 31.2 Å². The monoisotopic (exact) mass is 320 g/mol. The number of pyridine rings is 1. The van der Waals surface area contributed by atoms with E-state index in [4.69, 9.17) is 5.11 Å². The average molecular weight is 320 g/mol. The van der Waals surface area contributed by atoms with E-state index in [0.717, 1.165) is 18.4 Å². The van der Waals surface area contributed by atoms with Crippen molar-refractivity contribution >= 4 is 20.9 Å². The first-order valence-electron chi connectivity index (χ1n) is 7.50. The van der Waals surface area contributed by atoms with Crippen LogP contribution in [0.2, 0.25) is 0 Å². The molecular formula is C16H20N2O3S. The number of hydrogen-bond acceptors (Lipinski definition) is 4. The number of aliphatic hydroxyl groups is 1. The number of nitrogens with one attached hydrogen (secondary N) is 1. The van der Waals surface area contributed by atoms with Crippen LogP contribution in [0, 0.1) is 12.8 Å². The Bertz CT molecular complexity index is 785. The maximum absolute atomic E-state index is 12.8. The number of fused-ring (bicyclic) bond motifs is 1. The second-order valence-corrected chi connectivity index (χ2v) is 7.54. The van der Waals surface area contributed by atoms with Crippen LogP contribution in [0.1, 0.15) is 24.8 Å². The molecule has 0 radical (unpaired) electrons. The van der Waals surface area contributed by atoms with Crippen molar-refractivity contribution in [2.75, 3.05) is 6.61 Å². The molecule has 3 rings (SSSR count). The summed E-state index contributed by atoms with van der Waals surface area (Å²) in [5.74, 6) is 0.344. The van der Waals surface area contributed by atoms with Gasteiger partial charge in [-0.3, -0.25) is 4.98 Å². The molecular weight excluding hydrogens is 300 g/mol. The summed E-state index contributed by atoms with van der Waals surface area (Å²) >= 11 is 0. The third-order valence-electron chi connectivity index (χ3n) is 4.16. The maximum Gasteiger partial charge on any atom is 0.241 e. The molecule has 22 heavy (non-hydrogen) atoms. The third-order valence-corrected chi connectivity index (χ3v) is 5.71. The molecule has 1 unspecified atom stereocenters. The maximum atomic E-state index is 12.8. The number of rotatable bonds is 6. The molecule has 5 nitrogen and oxygen atoms in total. The van der Waals surface area contributed by atoms with Crippen molar-refractivity contribution in [2.24, 2.45) is 5.92 Å². The van der Waals surface area contributed by atoms with Crippen molar-refractivity contribution in [1.82, 2.24) is 9.71 Å². The summed E-state index contributed by atoms with van der Waals surface area (Å²) in [6, 6.07) is 6.74. The van der Waals surface area contributed by atoms with Crippen LogP contribution in [0.3, 0.4) is 0 Å². The van der Waals surface area contributed by atoms with E-state index in [2.05, 4.69) is 9.71 Å². The van der Waals surface area contributed by atoms with Gasteiger partial charge in [0.25, 0.3) is 0 Å². The Morgan fingerprint density at radius 3 is 2.82 bits per heavy atom. The number of nitrogens with zero attached hydrogens (tertiary/aromatic N) is 1. The molecule has 0 aliphatic heterocycles. The molecule has 0 bridgehead atoms. The molecule has 2 N–H and O–H groups in total. The second kappa shape index (κ2) is 5.95. The summed E-state index contributed by atoms with van der Waals surface area (Å²) < 4.78 is 28.3. The number of aryl methyl sites for hydroxylation is 1. The smallest absolute Gasteiger partial charge is 0.241 e. The highest BCUT2D eigenvalue weighted by Crippen LogP contribution is 2.35. The normalized spacial score (nSPS) is 16.8. The lowest BCUT2D eigenvalue weighted by molar-refractivity contribution is 0.265. The number of aromatic nitrogens is 1. The molecule has 118 valence electrons. The summed E-state index contributed by atoms with van der Waals surface area (Å²) in [5.41, 5.74) is 1.65. The van der Waals surface area contributed by atoms with Gasteiger partial charge in [0.1, 0.15) is 0 Å². The molecule has 1 saturated carbocycles. The predicted molar refractivity (Wildman–Crippen MR) is 85.0 cm³/mol. The van der Waals surface area contributed by atoms with E-state index >= 15 is 0 Å². The zero-order chi connectivity index (χ0) is 15.7. The minimum Gasteiger partial charge on any atom is -0.396 e. The molecule has 1 aromatic carbocycles. The molecule has 2 aromatic rings. The van der Waals surface area contributed by atoms with Gasteiger partial charge in [-0.2, -0.15) is 0 Å². The lowest BCUT2D eigenvalue weighted by Crippen LogP contribution is -2.37. The Labute approximate surface area is 130 Å². The van der Waals surface area contributed by atoms with Crippen molar-refractivity contribution < 1.29 is 13.5 Å². The van der Waals surface area contributed by atoms with Crippen LogP contribution in [0.15, 0.2) is 35.4 Å². The van der Waals surface area contributed by atoms with Crippen LogP contribution in [0.25, 0.3) is 10.9 Å². The zero-order valence-electron chi connectivity index (χ0n) is 12.5. The van der Waals surface area contributed by atoms with Gasteiger partial charge in [-0.15, -0.1) is 0 Å². The molecule has 1 atom stereocenters. The summed E-state index contributed by atoms with van der Waals surface area (Å²) in [6.07, 6.45) is 4.15. The fraction of sp³-hybridized carbons (Fsp3) is 0.438. The average Bonchev–Trinajstić information content (AvgIpc) is 3.31. The Kier molecular flexibility index (Phi) is 4.16. The van der Waals surface area contributed by atoms with Gasteiger partial charge < -0.3 is 5.11 Å². The van der Waals surface area contributed by atoms with Gasteiger partial charge in [0, 0.05) is 24.2 Å². The molecule has 1 heterocycles. The van der Waals surface area contributed by atoms with Gasteiger partial charge in [0.15, 0.2) is 0 Å². The third kappa shape index (κ3) is 2.99. The molecule has 6 heteroatoms. The van der Waals surface area contributed by atoms with E-state index in [9.17, 15) is 8.42 Å². The van der Waals surface area contributed by atoms with E-state index in [1.165, 1.54) is 0 Å². The van der Waals surface area contributed by atoms with Gasteiger partial charge in [-0.1, -0.05) is 6.07 Å².